The van der Waals surface area contributed by atoms with Gasteiger partial charge in [0.15, 0.2) is 0 Å². The molecule has 0 aliphatic carbocycles. The molecule has 0 atom stereocenters. The molecule has 21 heavy (non-hydrogen) atoms. The van der Waals surface area contributed by atoms with Crippen molar-refractivity contribution in [2.75, 3.05) is 0 Å². The van der Waals surface area contributed by atoms with Gasteiger partial charge in [-0.2, -0.15) is 0 Å². The largest absolute Gasteiger partial charge is 0.439 e. The predicted octanol–water partition coefficient (Wildman–Crippen LogP) is 4.72. The molecule has 0 amide bonds. The Morgan fingerprint density at radius 2 is 1.86 bits per heavy atom. The first kappa shape index (κ1) is 15.8. The standard InChI is InChI=1S/C17H21ClN2O/c1-12-5-7-14(8-6-12)21-16-9-13(15(18)11-19-16)10-20-17(2,3)4/h5-9,11,20H,10H2,1-4H3. The number of aromatic nitrogens is 1. The summed E-state index contributed by atoms with van der Waals surface area (Å²) in [6.45, 7) is 9.07. The minimum Gasteiger partial charge on any atom is -0.439 e. The van der Waals surface area contributed by atoms with E-state index < -0.39 is 0 Å². The Morgan fingerprint density at radius 3 is 2.48 bits per heavy atom. The summed E-state index contributed by atoms with van der Waals surface area (Å²) in [4.78, 5) is 4.22. The van der Waals surface area contributed by atoms with Gasteiger partial charge >= 0.3 is 0 Å². The summed E-state index contributed by atoms with van der Waals surface area (Å²) >= 11 is 6.19. The molecule has 0 bridgehead atoms. The first-order valence-corrected chi connectivity index (χ1v) is 7.35. The number of hydrogen-bond acceptors (Lipinski definition) is 3. The molecular weight excluding hydrogens is 284 g/mol. The van der Waals surface area contributed by atoms with E-state index in [1.165, 1.54) is 5.56 Å². The predicted molar refractivity (Wildman–Crippen MR) is 87.1 cm³/mol. The molecule has 2 rings (SSSR count). The maximum Gasteiger partial charge on any atom is 0.219 e. The van der Waals surface area contributed by atoms with Crippen molar-refractivity contribution in [3.63, 3.8) is 0 Å². The summed E-state index contributed by atoms with van der Waals surface area (Å²) < 4.78 is 5.76. The molecular formula is C17H21ClN2O. The van der Waals surface area contributed by atoms with Crippen LogP contribution in [0.15, 0.2) is 36.5 Å². The zero-order valence-electron chi connectivity index (χ0n) is 12.9. The summed E-state index contributed by atoms with van der Waals surface area (Å²) in [5, 5.41) is 4.05. The first-order chi connectivity index (χ1) is 9.83. The second kappa shape index (κ2) is 6.46. The lowest BCUT2D eigenvalue weighted by molar-refractivity contribution is 0.422. The minimum atomic E-state index is 0.0323. The number of halogens is 1. The molecule has 112 valence electrons. The van der Waals surface area contributed by atoms with E-state index in [1.54, 1.807) is 6.20 Å². The smallest absolute Gasteiger partial charge is 0.219 e. The van der Waals surface area contributed by atoms with Crippen LogP contribution in [0.5, 0.6) is 11.6 Å². The summed E-state index contributed by atoms with van der Waals surface area (Å²) in [6, 6.07) is 9.75. The van der Waals surface area contributed by atoms with Crippen LogP contribution in [-0.4, -0.2) is 10.5 Å². The van der Waals surface area contributed by atoms with Crippen LogP contribution >= 0.6 is 11.6 Å². The van der Waals surface area contributed by atoms with E-state index in [4.69, 9.17) is 16.3 Å². The Hall–Kier alpha value is -1.58. The molecule has 0 saturated carbocycles. The van der Waals surface area contributed by atoms with E-state index in [1.807, 2.05) is 37.3 Å². The van der Waals surface area contributed by atoms with E-state index in [2.05, 4.69) is 31.1 Å². The molecule has 3 nitrogen and oxygen atoms in total. The molecule has 4 heteroatoms. The fraction of sp³-hybridized carbons (Fsp3) is 0.353. The number of aryl methyl sites for hydroxylation is 1. The van der Waals surface area contributed by atoms with E-state index in [0.717, 1.165) is 11.3 Å². The number of nitrogens with zero attached hydrogens (tertiary/aromatic N) is 1. The van der Waals surface area contributed by atoms with Gasteiger partial charge in [-0.3, -0.25) is 0 Å². The fourth-order valence-corrected chi connectivity index (χ4v) is 1.91. The maximum atomic E-state index is 6.19. The number of rotatable bonds is 4. The highest BCUT2D eigenvalue weighted by Gasteiger charge is 2.11. The Morgan fingerprint density at radius 1 is 1.19 bits per heavy atom. The van der Waals surface area contributed by atoms with Crippen molar-refractivity contribution in [3.8, 4) is 11.6 Å². The molecule has 0 spiro atoms. The maximum absolute atomic E-state index is 6.19. The highest BCUT2D eigenvalue weighted by Crippen LogP contribution is 2.24. The van der Waals surface area contributed by atoms with Gasteiger partial charge in [0.2, 0.25) is 5.88 Å². The topological polar surface area (TPSA) is 34.1 Å². The van der Waals surface area contributed by atoms with Gasteiger partial charge in [-0.25, -0.2) is 4.98 Å². The summed E-state index contributed by atoms with van der Waals surface area (Å²) in [5.41, 5.74) is 2.20. The quantitative estimate of drug-likeness (QED) is 0.887. The number of ether oxygens (including phenoxy) is 1. The average Bonchev–Trinajstić information content (AvgIpc) is 2.41. The van der Waals surface area contributed by atoms with Gasteiger partial charge in [-0.15, -0.1) is 0 Å². The third-order valence-electron chi connectivity index (χ3n) is 2.96. The molecule has 1 aromatic heterocycles. The van der Waals surface area contributed by atoms with Crippen LogP contribution in [0.4, 0.5) is 0 Å². The van der Waals surface area contributed by atoms with Crippen LogP contribution in [0.3, 0.4) is 0 Å². The molecule has 1 N–H and O–H groups in total. The molecule has 1 aromatic carbocycles. The average molecular weight is 305 g/mol. The highest BCUT2D eigenvalue weighted by atomic mass is 35.5. The Balaban J connectivity index is 2.12. The molecule has 0 saturated heterocycles. The van der Waals surface area contributed by atoms with E-state index in [9.17, 15) is 0 Å². The number of nitrogens with one attached hydrogen (secondary N) is 1. The van der Waals surface area contributed by atoms with E-state index in [0.29, 0.717) is 17.4 Å². The molecule has 2 aromatic rings. The molecule has 0 radical (unpaired) electrons. The fourth-order valence-electron chi connectivity index (χ4n) is 1.74. The monoisotopic (exact) mass is 304 g/mol. The zero-order chi connectivity index (χ0) is 15.5. The minimum absolute atomic E-state index is 0.0323. The molecule has 0 aliphatic rings. The Bertz CT molecular complexity index is 603. The Kier molecular flexibility index (Phi) is 4.86. The lowest BCUT2D eigenvalue weighted by atomic mass is 10.1. The van der Waals surface area contributed by atoms with Crippen molar-refractivity contribution in [2.24, 2.45) is 0 Å². The van der Waals surface area contributed by atoms with Gasteiger partial charge in [-0.05, 0) is 45.4 Å². The van der Waals surface area contributed by atoms with E-state index in [-0.39, 0.29) is 5.54 Å². The third kappa shape index (κ3) is 5.03. The second-order valence-corrected chi connectivity index (χ2v) is 6.54. The van der Waals surface area contributed by atoms with Crippen molar-refractivity contribution < 1.29 is 4.74 Å². The molecule has 0 unspecified atom stereocenters. The van der Waals surface area contributed by atoms with Crippen molar-refractivity contribution >= 4 is 11.6 Å². The first-order valence-electron chi connectivity index (χ1n) is 6.97. The van der Waals surface area contributed by atoms with Crippen LogP contribution in [0.25, 0.3) is 0 Å². The Labute approximate surface area is 131 Å². The van der Waals surface area contributed by atoms with E-state index >= 15 is 0 Å². The second-order valence-electron chi connectivity index (χ2n) is 6.13. The van der Waals surface area contributed by atoms with Crippen LogP contribution in [-0.2, 0) is 6.54 Å². The molecule has 0 fully saturated rings. The summed E-state index contributed by atoms with van der Waals surface area (Å²) in [5.74, 6) is 1.32. The molecule has 0 aliphatic heterocycles. The van der Waals surface area contributed by atoms with Crippen LogP contribution in [0.2, 0.25) is 5.02 Å². The van der Waals surface area contributed by atoms with Gasteiger partial charge in [0.25, 0.3) is 0 Å². The SMILES string of the molecule is Cc1ccc(Oc2cc(CNC(C)(C)C)c(Cl)cn2)cc1. The highest BCUT2D eigenvalue weighted by molar-refractivity contribution is 6.31. The number of pyridine rings is 1. The summed E-state index contributed by atoms with van der Waals surface area (Å²) in [6.07, 6.45) is 1.63. The van der Waals surface area contributed by atoms with Crippen molar-refractivity contribution in [1.29, 1.82) is 0 Å². The number of benzene rings is 1. The van der Waals surface area contributed by atoms with Crippen LogP contribution < -0.4 is 10.1 Å². The summed E-state index contributed by atoms with van der Waals surface area (Å²) in [7, 11) is 0. The van der Waals surface area contributed by atoms with Gasteiger partial charge in [0.1, 0.15) is 5.75 Å². The lowest BCUT2D eigenvalue weighted by Crippen LogP contribution is -2.35. The van der Waals surface area contributed by atoms with Crippen molar-refractivity contribution in [3.05, 3.63) is 52.7 Å². The normalized spacial score (nSPS) is 11.5. The van der Waals surface area contributed by atoms with Gasteiger partial charge in [0.05, 0.1) is 5.02 Å². The van der Waals surface area contributed by atoms with Crippen molar-refractivity contribution in [1.82, 2.24) is 10.3 Å². The van der Waals surface area contributed by atoms with Gasteiger partial charge in [0, 0.05) is 24.3 Å². The van der Waals surface area contributed by atoms with Gasteiger partial charge in [-0.1, -0.05) is 29.3 Å². The molecule has 1 heterocycles. The zero-order valence-corrected chi connectivity index (χ0v) is 13.7. The number of hydrogen-bond donors (Lipinski definition) is 1. The van der Waals surface area contributed by atoms with Gasteiger partial charge < -0.3 is 10.1 Å². The third-order valence-corrected chi connectivity index (χ3v) is 3.30. The lowest BCUT2D eigenvalue weighted by Gasteiger charge is -2.21. The van der Waals surface area contributed by atoms with Crippen LogP contribution in [0, 0.1) is 6.92 Å². The van der Waals surface area contributed by atoms with Crippen LogP contribution in [0.1, 0.15) is 31.9 Å². The van der Waals surface area contributed by atoms with Crippen molar-refractivity contribution in [2.45, 2.75) is 39.8 Å².